The van der Waals surface area contributed by atoms with Crippen LogP contribution in [0.3, 0.4) is 0 Å². The van der Waals surface area contributed by atoms with Crippen molar-refractivity contribution in [1.29, 1.82) is 0 Å². The summed E-state index contributed by atoms with van der Waals surface area (Å²) < 4.78 is 0. The predicted molar refractivity (Wildman–Crippen MR) is 34.8 cm³/mol. The maximum absolute atomic E-state index is 10.6. The average molecular weight is 172 g/mol. The third kappa shape index (κ3) is 1.11. The van der Waals surface area contributed by atoms with Crippen molar-refractivity contribution in [3.8, 4) is 0 Å². The van der Waals surface area contributed by atoms with E-state index in [9.17, 15) is 14.4 Å². The maximum atomic E-state index is 10.6. The minimum absolute atomic E-state index is 0.338. The summed E-state index contributed by atoms with van der Waals surface area (Å²) in [6.45, 7) is 0. The van der Waals surface area contributed by atoms with E-state index in [-0.39, 0.29) is 0 Å². The van der Waals surface area contributed by atoms with Crippen LogP contribution in [0.2, 0.25) is 0 Å². The first kappa shape index (κ1) is 8.18. The summed E-state index contributed by atoms with van der Waals surface area (Å²) in [5.74, 6) is -2.51. The quantitative estimate of drug-likeness (QED) is 0.492. The Morgan fingerprint density at radius 1 is 1.50 bits per heavy atom. The molecule has 0 unspecified atom stereocenters. The topological polar surface area (TPSA) is 107 Å². The Bertz CT molecular complexity index is 284. The summed E-state index contributed by atoms with van der Waals surface area (Å²) in [6.07, 6.45) is -0.833. The van der Waals surface area contributed by atoms with Gasteiger partial charge in [-0.05, 0) is 0 Å². The van der Waals surface area contributed by atoms with Crippen LogP contribution < -0.4 is 0 Å². The zero-order valence-electron chi connectivity index (χ0n) is 5.67. The van der Waals surface area contributed by atoms with E-state index >= 15 is 0 Å². The molecule has 0 bridgehead atoms. The number of carbonyl (C=O) groups excluding carboxylic acids is 1. The van der Waals surface area contributed by atoms with E-state index in [1.54, 1.807) is 0 Å². The lowest BCUT2D eigenvalue weighted by atomic mass is 10.3. The fraction of sp³-hybridized carbons (Fsp3) is 0.200. The minimum atomic E-state index is -1.72. The molecule has 0 aromatic heterocycles. The molecule has 7 nitrogen and oxygen atoms in total. The molecule has 0 spiro atoms. The van der Waals surface area contributed by atoms with Crippen LogP contribution in [0, 0.1) is 0 Å². The largest absolute Gasteiger partial charge is 0.479 e. The highest BCUT2D eigenvalue weighted by molar-refractivity contribution is 6.12. The third-order valence-corrected chi connectivity index (χ3v) is 1.28. The lowest BCUT2D eigenvalue weighted by molar-refractivity contribution is -0.144. The van der Waals surface area contributed by atoms with Gasteiger partial charge < -0.3 is 10.2 Å². The minimum Gasteiger partial charge on any atom is -0.479 e. The fourth-order valence-corrected chi connectivity index (χ4v) is 0.760. The van der Waals surface area contributed by atoms with Crippen molar-refractivity contribution < 1.29 is 24.6 Å². The molecule has 2 amide bonds. The van der Waals surface area contributed by atoms with Crippen LogP contribution >= 0.6 is 0 Å². The summed E-state index contributed by atoms with van der Waals surface area (Å²) in [7, 11) is 0. The van der Waals surface area contributed by atoms with Crippen LogP contribution in [-0.2, 0) is 9.59 Å². The number of amides is 2. The fourth-order valence-electron chi connectivity index (χ4n) is 0.760. The monoisotopic (exact) mass is 172 g/mol. The zero-order valence-corrected chi connectivity index (χ0v) is 5.67. The van der Waals surface area contributed by atoms with Gasteiger partial charge in [0.05, 0.1) is 0 Å². The standard InChI is InChI=1S/C5H4N2O5/c8-3-2(4(9)10)7(1-6-3)5(11)12/h1-2H,(H,9,10)(H,11,12)/t2-/m0/s1. The van der Waals surface area contributed by atoms with Crippen LogP contribution in [0.1, 0.15) is 0 Å². The third-order valence-electron chi connectivity index (χ3n) is 1.28. The Hall–Kier alpha value is -1.92. The van der Waals surface area contributed by atoms with E-state index in [0.717, 1.165) is 0 Å². The molecule has 1 aliphatic rings. The first-order valence-corrected chi connectivity index (χ1v) is 2.86. The van der Waals surface area contributed by atoms with E-state index in [1.165, 1.54) is 0 Å². The second kappa shape index (κ2) is 2.61. The highest BCUT2D eigenvalue weighted by atomic mass is 16.4. The van der Waals surface area contributed by atoms with Crippen molar-refractivity contribution in [2.75, 3.05) is 0 Å². The first-order chi connectivity index (χ1) is 5.54. The van der Waals surface area contributed by atoms with Crippen molar-refractivity contribution in [1.82, 2.24) is 4.90 Å². The summed E-state index contributed by atoms with van der Waals surface area (Å²) in [6, 6.07) is -1.72. The number of hydrogen-bond acceptors (Lipinski definition) is 3. The van der Waals surface area contributed by atoms with Gasteiger partial charge in [0.15, 0.2) is 0 Å². The van der Waals surface area contributed by atoms with E-state index in [0.29, 0.717) is 11.2 Å². The molecule has 0 aromatic carbocycles. The number of carboxylic acid groups (broad SMARTS) is 2. The number of aliphatic imine (C=N–C) groups is 1. The molecule has 1 atom stereocenters. The molecule has 12 heavy (non-hydrogen) atoms. The van der Waals surface area contributed by atoms with Gasteiger partial charge in [0, 0.05) is 0 Å². The van der Waals surface area contributed by atoms with Gasteiger partial charge >= 0.3 is 12.1 Å². The SMILES string of the molecule is O=C(O)[C@@H]1C(=O)N=CN1C(=O)O. The van der Waals surface area contributed by atoms with E-state index in [1.807, 2.05) is 0 Å². The van der Waals surface area contributed by atoms with Crippen LogP contribution in [0.5, 0.6) is 0 Å². The smallest absolute Gasteiger partial charge is 0.413 e. The molecule has 1 aliphatic heterocycles. The lowest BCUT2D eigenvalue weighted by Gasteiger charge is -2.11. The van der Waals surface area contributed by atoms with Gasteiger partial charge in [-0.3, -0.25) is 4.79 Å². The van der Waals surface area contributed by atoms with Gasteiger partial charge in [0.2, 0.25) is 6.04 Å². The van der Waals surface area contributed by atoms with E-state index in [2.05, 4.69) is 4.99 Å². The van der Waals surface area contributed by atoms with Crippen molar-refractivity contribution in [3.05, 3.63) is 0 Å². The Morgan fingerprint density at radius 3 is 2.42 bits per heavy atom. The molecule has 0 fully saturated rings. The molecular weight excluding hydrogens is 168 g/mol. The molecule has 1 rings (SSSR count). The van der Waals surface area contributed by atoms with Gasteiger partial charge in [-0.25, -0.2) is 19.5 Å². The normalized spacial score (nSPS) is 21.5. The Balaban J connectivity index is 2.91. The average Bonchev–Trinajstić information content (AvgIpc) is 2.30. The maximum Gasteiger partial charge on any atom is 0.413 e. The second-order valence-electron chi connectivity index (χ2n) is 2.01. The highest BCUT2D eigenvalue weighted by Crippen LogP contribution is 2.07. The van der Waals surface area contributed by atoms with Crippen molar-refractivity contribution >= 4 is 24.3 Å². The molecule has 0 aromatic rings. The van der Waals surface area contributed by atoms with Crippen LogP contribution in [0.15, 0.2) is 4.99 Å². The Kier molecular flexibility index (Phi) is 1.78. The molecule has 2 N–H and O–H groups in total. The van der Waals surface area contributed by atoms with Crippen molar-refractivity contribution in [3.63, 3.8) is 0 Å². The van der Waals surface area contributed by atoms with E-state index < -0.39 is 24.0 Å². The zero-order chi connectivity index (χ0) is 9.30. The summed E-state index contributed by atoms with van der Waals surface area (Å²) in [5.41, 5.74) is 0. The van der Waals surface area contributed by atoms with Crippen molar-refractivity contribution in [2.45, 2.75) is 6.04 Å². The van der Waals surface area contributed by atoms with Gasteiger partial charge in [0.1, 0.15) is 6.34 Å². The summed E-state index contributed by atoms with van der Waals surface area (Å²) >= 11 is 0. The highest BCUT2D eigenvalue weighted by Gasteiger charge is 2.39. The van der Waals surface area contributed by atoms with Crippen molar-refractivity contribution in [2.24, 2.45) is 4.99 Å². The van der Waals surface area contributed by atoms with Crippen LogP contribution in [-0.4, -0.2) is 45.5 Å². The van der Waals surface area contributed by atoms with Gasteiger partial charge in [-0.1, -0.05) is 0 Å². The summed E-state index contributed by atoms with van der Waals surface area (Å²) in [5, 5.41) is 16.8. The number of carboxylic acids is 1. The van der Waals surface area contributed by atoms with Crippen LogP contribution in [0.25, 0.3) is 0 Å². The molecule has 64 valence electrons. The van der Waals surface area contributed by atoms with Gasteiger partial charge in [-0.15, -0.1) is 0 Å². The molecule has 0 saturated carbocycles. The number of nitrogens with zero attached hydrogens (tertiary/aromatic N) is 2. The molecule has 7 heteroatoms. The van der Waals surface area contributed by atoms with Gasteiger partial charge in [-0.2, -0.15) is 0 Å². The number of aliphatic carboxylic acids is 1. The Morgan fingerprint density at radius 2 is 2.08 bits per heavy atom. The first-order valence-electron chi connectivity index (χ1n) is 2.86. The lowest BCUT2D eigenvalue weighted by Crippen LogP contribution is -2.43. The molecule has 0 saturated heterocycles. The predicted octanol–water partition coefficient (Wildman–Crippen LogP) is -1.01. The molecule has 0 radical (unpaired) electrons. The Labute approximate surface area is 65.9 Å². The van der Waals surface area contributed by atoms with E-state index in [4.69, 9.17) is 10.2 Å². The van der Waals surface area contributed by atoms with Gasteiger partial charge in [0.25, 0.3) is 5.91 Å². The molecule has 1 heterocycles. The molecular formula is C5H4N2O5. The second-order valence-corrected chi connectivity index (χ2v) is 2.01. The number of rotatable bonds is 1. The molecule has 0 aliphatic carbocycles. The number of hydrogen-bond donors (Lipinski definition) is 2. The van der Waals surface area contributed by atoms with Crippen LogP contribution in [0.4, 0.5) is 4.79 Å². The number of carbonyl (C=O) groups is 3. The summed E-state index contributed by atoms with van der Waals surface area (Å²) in [4.78, 5) is 34.6.